The SMILES string of the molecule is CC(C)[C@H]1CC[C@H](C)N(C(C)C)C1. The Hall–Kier alpha value is -0.0400. The minimum Gasteiger partial charge on any atom is -0.298 e. The van der Waals surface area contributed by atoms with Crippen molar-refractivity contribution in [3.05, 3.63) is 0 Å². The average Bonchev–Trinajstić information content (AvgIpc) is 2.04. The zero-order valence-electron chi connectivity index (χ0n) is 9.88. The van der Waals surface area contributed by atoms with Crippen molar-refractivity contribution in [2.24, 2.45) is 11.8 Å². The highest BCUT2D eigenvalue weighted by molar-refractivity contribution is 4.82. The number of nitrogens with zero attached hydrogens (tertiary/aromatic N) is 1. The first kappa shape index (κ1) is 11.0. The molecule has 2 atom stereocenters. The van der Waals surface area contributed by atoms with E-state index in [0.29, 0.717) is 0 Å². The third-order valence-corrected chi connectivity index (χ3v) is 3.57. The van der Waals surface area contributed by atoms with E-state index in [0.717, 1.165) is 23.9 Å². The number of piperidine rings is 1. The predicted molar refractivity (Wildman–Crippen MR) is 58.9 cm³/mol. The molecule has 0 aliphatic carbocycles. The molecule has 0 N–H and O–H groups in total. The summed E-state index contributed by atoms with van der Waals surface area (Å²) in [6.45, 7) is 13.0. The Labute approximate surface area is 83.5 Å². The second-order valence-electron chi connectivity index (χ2n) is 5.22. The van der Waals surface area contributed by atoms with Crippen LogP contribution in [0, 0.1) is 11.8 Å². The van der Waals surface area contributed by atoms with Crippen LogP contribution in [0.2, 0.25) is 0 Å². The van der Waals surface area contributed by atoms with Crippen LogP contribution >= 0.6 is 0 Å². The fourth-order valence-corrected chi connectivity index (χ4v) is 2.43. The van der Waals surface area contributed by atoms with Crippen LogP contribution in [-0.2, 0) is 0 Å². The molecule has 0 radical (unpaired) electrons. The van der Waals surface area contributed by atoms with Gasteiger partial charge in [-0.15, -0.1) is 0 Å². The fraction of sp³-hybridized carbons (Fsp3) is 1.00. The summed E-state index contributed by atoms with van der Waals surface area (Å²) in [5, 5.41) is 0. The van der Waals surface area contributed by atoms with Gasteiger partial charge in [0.05, 0.1) is 0 Å². The Balaban J connectivity index is 2.53. The van der Waals surface area contributed by atoms with Crippen LogP contribution in [0.1, 0.15) is 47.5 Å². The fourth-order valence-electron chi connectivity index (χ4n) is 2.43. The van der Waals surface area contributed by atoms with Crippen molar-refractivity contribution in [3.63, 3.8) is 0 Å². The first-order valence-electron chi connectivity index (χ1n) is 5.78. The van der Waals surface area contributed by atoms with Gasteiger partial charge in [0.2, 0.25) is 0 Å². The van der Waals surface area contributed by atoms with E-state index in [2.05, 4.69) is 39.5 Å². The van der Waals surface area contributed by atoms with E-state index >= 15 is 0 Å². The highest BCUT2D eigenvalue weighted by atomic mass is 15.2. The molecule has 1 heteroatoms. The maximum atomic E-state index is 2.66. The second kappa shape index (κ2) is 4.45. The van der Waals surface area contributed by atoms with Gasteiger partial charge in [0, 0.05) is 18.6 Å². The lowest BCUT2D eigenvalue weighted by Gasteiger charge is -2.42. The molecule has 0 saturated carbocycles. The Morgan fingerprint density at radius 2 is 1.69 bits per heavy atom. The molecule has 0 unspecified atom stereocenters. The van der Waals surface area contributed by atoms with Gasteiger partial charge >= 0.3 is 0 Å². The highest BCUT2D eigenvalue weighted by Crippen LogP contribution is 2.28. The maximum absolute atomic E-state index is 2.66. The molecule has 0 aromatic heterocycles. The van der Waals surface area contributed by atoms with E-state index in [-0.39, 0.29) is 0 Å². The van der Waals surface area contributed by atoms with Gasteiger partial charge in [-0.05, 0) is 45.4 Å². The van der Waals surface area contributed by atoms with E-state index in [1.54, 1.807) is 0 Å². The quantitative estimate of drug-likeness (QED) is 0.635. The number of likely N-dealkylation sites (tertiary alicyclic amines) is 1. The van der Waals surface area contributed by atoms with Crippen LogP contribution in [0.25, 0.3) is 0 Å². The smallest absolute Gasteiger partial charge is 0.00698 e. The van der Waals surface area contributed by atoms with Crippen molar-refractivity contribution >= 4 is 0 Å². The van der Waals surface area contributed by atoms with Crippen LogP contribution in [-0.4, -0.2) is 23.5 Å². The summed E-state index contributed by atoms with van der Waals surface area (Å²) >= 11 is 0. The largest absolute Gasteiger partial charge is 0.298 e. The van der Waals surface area contributed by atoms with Crippen LogP contribution in [0.3, 0.4) is 0 Å². The first-order valence-corrected chi connectivity index (χ1v) is 5.78. The Morgan fingerprint density at radius 1 is 1.08 bits per heavy atom. The standard InChI is InChI=1S/C12H25N/c1-9(2)12-7-6-11(5)13(8-12)10(3)4/h9-12H,6-8H2,1-5H3/t11-,12-/m0/s1. The summed E-state index contributed by atoms with van der Waals surface area (Å²) in [5.41, 5.74) is 0. The molecule has 0 spiro atoms. The molecule has 13 heavy (non-hydrogen) atoms. The van der Waals surface area contributed by atoms with E-state index in [9.17, 15) is 0 Å². The molecular formula is C12H25N. The normalized spacial score (nSPS) is 31.6. The third-order valence-electron chi connectivity index (χ3n) is 3.57. The van der Waals surface area contributed by atoms with Crippen molar-refractivity contribution < 1.29 is 0 Å². The van der Waals surface area contributed by atoms with E-state index in [1.807, 2.05) is 0 Å². The molecule has 1 aliphatic rings. The monoisotopic (exact) mass is 183 g/mol. The molecule has 0 bridgehead atoms. The van der Waals surface area contributed by atoms with Gasteiger partial charge in [-0.3, -0.25) is 4.90 Å². The molecule has 1 fully saturated rings. The molecule has 1 nitrogen and oxygen atoms in total. The summed E-state index contributed by atoms with van der Waals surface area (Å²) in [4.78, 5) is 2.66. The molecule has 0 aromatic rings. The first-order chi connectivity index (χ1) is 6.02. The molecule has 1 rings (SSSR count). The average molecular weight is 183 g/mol. The summed E-state index contributed by atoms with van der Waals surface area (Å²) in [6, 6.07) is 1.52. The molecule has 0 aromatic carbocycles. The van der Waals surface area contributed by atoms with Crippen molar-refractivity contribution in [3.8, 4) is 0 Å². The van der Waals surface area contributed by atoms with Gasteiger partial charge in [-0.2, -0.15) is 0 Å². The summed E-state index contributed by atoms with van der Waals surface area (Å²) in [6.07, 6.45) is 2.82. The zero-order valence-corrected chi connectivity index (χ0v) is 9.88. The minimum absolute atomic E-state index is 0.719. The highest BCUT2D eigenvalue weighted by Gasteiger charge is 2.28. The molecule has 0 amide bonds. The van der Waals surface area contributed by atoms with Gasteiger partial charge in [0.1, 0.15) is 0 Å². The van der Waals surface area contributed by atoms with Gasteiger partial charge in [-0.25, -0.2) is 0 Å². The Bertz CT molecular complexity index is 151. The van der Waals surface area contributed by atoms with Crippen LogP contribution in [0.4, 0.5) is 0 Å². The molecule has 1 heterocycles. The number of hydrogen-bond acceptors (Lipinski definition) is 1. The number of hydrogen-bond donors (Lipinski definition) is 0. The van der Waals surface area contributed by atoms with Gasteiger partial charge in [-0.1, -0.05) is 13.8 Å². The molecule has 1 aliphatic heterocycles. The van der Waals surface area contributed by atoms with Gasteiger partial charge in [0.25, 0.3) is 0 Å². The van der Waals surface area contributed by atoms with Gasteiger partial charge < -0.3 is 0 Å². The van der Waals surface area contributed by atoms with Crippen LogP contribution < -0.4 is 0 Å². The van der Waals surface area contributed by atoms with Crippen molar-refractivity contribution in [1.82, 2.24) is 4.90 Å². The van der Waals surface area contributed by atoms with E-state index in [1.165, 1.54) is 19.4 Å². The third kappa shape index (κ3) is 2.70. The molecule has 1 saturated heterocycles. The molecular weight excluding hydrogens is 158 g/mol. The van der Waals surface area contributed by atoms with Gasteiger partial charge in [0.15, 0.2) is 0 Å². The Morgan fingerprint density at radius 3 is 2.15 bits per heavy atom. The van der Waals surface area contributed by atoms with Crippen molar-refractivity contribution in [2.45, 2.75) is 59.5 Å². The van der Waals surface area contributed by atoms with Crippen LogP contribution in [0.15, 0.2) is 0 Å². The zero-order chi connectivity index (χ0) is 10.0. The number of rotatable bonds is 2. The lowest BCUT2D eigenvalue weighted by molar-refractivity contribution is 0.0691. The Kier molecular flexibility index (Phi) is 3.78. The lowest BCUT2D eigenvalue weighted by atomic mass is 9.85. The minimum atomic E-state index is 0.719. The summed E-state index contributed by atoms with van der Waals surface area (Å²) < 4.78 is 0. The summed E-state index contributed by atoms with van der Waals surface area (Å²) in [7, 11) is 0. The van der Waals surface area contributed by atoms with E-state index in [4.69, 9.17) is 0 Å². The van der Waals surface area contributed by atoms with Crippen molar-refractivity contribution in [2.75, 3.05) is 6.54 Å². The van der Waals surface area contributed by atoms with E-state index < -0.39 is 0 Å². The summed E-state index contributed by atoms with van der Waals surface area (Å²) in [5.74, 6) is 1.78. The molecule has 78 valence electrons. The topological polar surface area (TPSA) is 3.24 Å². The predicted octanol–water partition coefficient (Wildman–Crippen LogP) is 3.15. The second-order valence-corrected chi connectivity index (χ2v) is 5.22. The van der Waals surface area contributed by atoms with Crippen molar-refractivity contribution in [1.29, 1.82) is 0 Å². The maximum Gasteiger partial charge on any atom is 0.00698 e. The lowest BCUT2D eigenvalue weighted by Crippen LogP contribution is -2.46. The van der Waals surface area contributed by atoms with Crippen LogP contribution in [0.5, 0.6) is 0 Å².